The molecule has 1 aliphatic carbocycles. The molecular weight excluding hydrogens is 244 g/mol. The number of hydrogen-bond donors (Lipinski definition) is 1. The van der Waals surface area contributed by atoms with Crippen LogP contribution in [0.5, 0.6) is 0 Å². The van der Waals surface area contributed by atoms with Crippen molar-refractivity contribution in [3.05, 3.63) is 5.82 Å². The molecule has 0 amide bonds. The van der Waals surface area contributed by atoms with E-state index in [0.717, 1.165) is 42.8 Å². The van der Waals surface area contributed by atoms with Crippen molar-refractivity contribution in [2.75, 3.05) is 18.0 Å². The maximum Gasteiger partial charge on any atom is 0.205 e. The summed E-state index contributed by atoms with van der Waals surface area (Å²) in [7, 11) is 0. The topological polar surface area (TPSA) is 55.0 Å². The minimum Gasteiger partial charge on any atom is -0.346 e. The van der Waals surface area contributed by atoms with Crippen molar-refractivity contribution >= 4 is 16.7 Å². The van der Waals surface area contributed by atoms with Crippen LogP contribution in [-0.4, -0.2) is 28.5 Å². The lowest BCUT2D eigenvalue weighted by Gasteiger charge is -2.29. The SMILES string of the molecule is CCCc1nsc(N2CC3CCCC(N)C3C2)n1. The third-order valence-electron chi connectivity index (χ3n) is 4.36. The molecule has 3 rings (SSSR count). The number of hydrogen-bond acceptors (Lipinski definition) is 5. The summed E-state index contributed by atoms with van der Waals surface area (Å²) in [5, 5.41) is 1.11. The highest BCUT2D eigenvalue weighted by Gasteiger charge is 2.39. The average molecular weight is 266 g/mol. The minimum absolute atomic E-state index is 0.400. The van der Waals surface area contributed by atoms with E-state index in [1.54, 1.807) is 11.5 Å². The van der Waals surface area contributed by atoms with Crippen molar-refractivity contribution < 1.29 is 0 Å². The first kappa shape index (κ1) is 12.4. The van der Waals surface area contributed by atoms with E-state index in [1.165, 1.54) is 19.3 Å². The third-order valence-corrected chi connectivity index (χ3v) is 5.17. The zero-order valence-electron chi connectivity index (χ0n) is 11.0. The summed E-state index contributed by atoms with van der Waals surface area (Å²) < 4.78 is 4.44. The number of anilines is 1. The van der Waals surface area contributed by atoms with Crippen molar-refractivity contribution in [3.8, 4) is 0 Å². The summed E-state index contributed by atoms with van der Waals surface area (Å²) in [6.45, 7) is 4.40. The Morgan fingerprint density at radius 3 is 3.06 bits per heavy atom. The van der Waals surface area contributed by atoms with Gasteiger partial charge in [-0.15, -0.1) is 0 Å². The Labute approximate surface area is 113 Å². The fourth-order valence-electron chi connectivity index (χ4n) is 3.37. The second-order valence-corrected chi connectivity index (χ2v) is 6.40. The number of nitrogens with two attached hydrogens (primary N) is 1. The molecule has 18 heavy (non-hydrogen) atoms. The van der Waals surface area contributed by atoms with Crippen LogP contribution in [0.15, 0.2) is 0 Å². The summed E-state index contributed by atoms with van der Waals surface area (Å²) in [5.41, 5.74) is 6.25. The van der Waals surface area contributed by atoms with Gasteiger partial charge in [-0.25, -0.2) is 4.98 Å². The summed E-state index contributed by atoms with van der Waals surface area (Å²) in [5.74, 6) is 2.47. The van der Waals surface area contributed by atoms with Crippen molar-refractivity contribution in [2.24, 2.45) is 17.6 Å². The molecule has 3 unspecified atom stereocenters. The van der Waals surface area contributed by atoms with Crippen LogP contribution in [0, 0.1) is 11.8 Å². The second kappa shape index (κ2) is 5.13. The highest BCUT2D eigenvalue weighted by atomic mass is 32.1. The van der Waals surface area contributed by atoms with Crippen molar-refractivity contribution in [1.82, 2.24) is 9.36 Å². The predicted octanol–water partition coefficient (Wildman–Crippen LogP) is 2.05. The fraction of sp³-hybridized carbons (Fsp3) is 0.846. The highest BCUT2D eigenvalue weighted by molar-refractivity contribution is 7.09. The molecule has 2 aliphatic rings. The Morgan fingerprint density at radius 1 is 1.39 bits per heavy atom. The average Bonchev–Trinajstić information content (AvgIpc) is 2.96. The monoisotopic (exact) mass is 266 g/mol. The van der Waals surface area contributed by atoms with Crippen LogP contribution in [0.3, 0.4) is 0 Å². The zero-order chi connectivity index (χ0) is 12.5. The maximum atomic E-state index is 6.25. The van der Waals surface area contributed by atoms with Gasteiger partial charge in [0.05, 0.1) is 0 Å². The van der Waals surface area contributed by atoms with Crippen molar-refractivity contribution in [2.45, 2.75) is 45.1 Å². The Bertz CT molecular complexity index is 405. The summed E-state index contributed by atoms with van der Waals surface area (Å²) in [6.07, 6.45) is 5.96. The molecule has 100 valence electrons. The molecule has 1 aliphatic heterocycles. The van der Waals surface area contributed by atoms with Gasteiger partial charge in [0.15, 0.2) is 0 Å². The molecule has 1 saturated carbocycles. The Balaban J connectivity index is 1.70. The molecule has 1 saturated heterocycles. The smallest absolute Gasteiger partial charge is 0.205 e. The normalized spacial score (nSPS) is 31.7. The van der Waals surface area contributed by atoms with E-state index >= 15 is 0 Å². The number of aromatic nitrogens is 2. The van der Waals surface area contributed by atoms with Crippen LogP contribution < -0.4 is 10.6 Å². The maximum absolute atomic E-state index is 6.25. The van der Waals surface area contributed by atoms with Gasteiger partial charge in [-0.1, -0.05) is 13.3 Å². The lowest BCUT2D eigenvalue weighted by molar-refractivity contribution is 0.260. The Kier molecular flexibility index (Phi) is 3.52. The van der Waals surface area contributed by atoms with Crippen LogP contribution in [0.25, 0.3) is 0 Å². The van der Waals surface area contributed by atoms with Crippen molar-refractivity contribution in [1.29, 1.82) is 0 Å². The quantitative estimate of drug-likeness (QED) is 0.910. The zero-order valence-corrected chi connectivity index (χ0v) is 11.8. The van der Waals surface area contributed by atoms with E-state index in [4.69, 9.17) is 5.73 Å². The molecule has 2 heterocycles. The molecular formula is C13H22N4S. The van der Waals surface area contributed by atoms with Crippen LogP contribution >= 0.6 is 11.5 Å². The van der Waals surface area contributed by atoms with Gasteiger partial charge >= 0.3 is 0 Å². The number of aryl methyl sites for hydroxylation is 1. The van der Waals surface area contributed by atoms with Gasteiger partial charge in [0.1, 0.15) is 5.82 Å². The van der Waals surface area contributed by atoms with Gasteiger partial charge in [-0.05, 0) is 31.1 Å². The number of fused-ring (bicyclic) bond motifs is 1. The molecule has 1 aromatic rings. The molecule has 3 atom stereocenters. The van der Waals surface area contributed by atoms with Gasteiger partial charge in [-0.2, -0.15) is 4.37 Å². The van der Waals surface area contributed by atoms with Gasteiger partial charge < -0.3 is 10.6 Å². The van der Waals surface area contributed by atoms with Gasteiger partial charge in [0.25, 0.3) is 0 Å². The van der Waals surface area contributed by atoms with E-state index < -0.39 is 0 Å². The van der Waals surface area contributed by atoms with Crippen LogP contribution in [0.4, 0.5) is 5.13 Å². The number of rotatable bonds is 3. The van der Waals surface area contributed by atoms with E-state index in [2.05, 4.69) is 21.2 Å². The molecule has 1 aromatic heterocycles. The molecule has 2 N–H and O–H groups in total. The highest BCUT2D eigenvalue weighted by Crippen LogP contribution is 2.37. The molecule has 0 spiro atoms. The first-order valence-corrected chi connectivity index (χ1v) is 7.88. The van der Waals surface area contributed by atoms with E-state index in [0.29, 0.717) is 12.0 Å². The summed E-state index contributed by atoms with van der Waals surface area (Å²) in [4.78, 5) is 7.07. The van der Waals surface area contributed by atoms with Gasteiger partial charge in [0, 0.05) is 37.1 Å². The van der Waals surface area contributed by atoms with Gasteiger partial charge in [0.2, 0.25) is 5.13 Å². The number of nitrogens with zero attached hydrogens (tertiary/aromatic N) is 3. The largest absolute Gasteiger partial charge is 0.346 e. The molecule has 0 radical (unpaired) electrons. The molecule has 0 aromatic carbocycles. The molecule has 0 bridgehead atoms. The molecule has 2 fully saturated rings. The van der Waals surface area contributed by atoms with E-state index in [-0.39, 0.29) is 0 Å². The summed E-state index contributed by atoms with van der Waals surface area (Å²) >= 11 is 1.56. The third kappa shape index (κ3) is 2.26. The lowest BCUT2D eigenvalue weighted by Crippen LogP contribution is -2.38. The van der Waals surface area contributed by atoms with Crippen LogP contribution in [0.1, 0.15) is 38.4 Å². The Hall–Kier alpha value is -0.680. The van der Waals surface area contributed by atoms with E-state index in [1.807, 2.05) is 0 Å². The van der Waals surface area contributed by atoms with Crippen LogP contribution in [-0.2, 0) is 6.42 Å². The molecule has 4 nitrogen and oxygen atoms in total. The Morgan fingerprint density at radius 2 is 2.28 bits per heavy atom. The fourth-order valence-corrected chi connectivity index (χ4v) is 4.10. The van der Waals surface area contributed by atoms with Crippen molar-refractivity contribution in [3.63, 3.8) is 0 Å². The molecule has 5 heteroatoms. The van der Waals surface area contributed by atoms with Crippen LogP contribution in [0.2, 0.25) is 0 Å². The van der Waals surface area contributed by atoms with Gasteiger partial charge in [-0.3, -0.25) is 0 Å². The lowest BCUT2D eigenvalue weighted by atomic mass is 9.78. The first-order valence-electron chi connectivity index (χ1n) is 7.11. The standard InChI is InChI=1S/C13H22N4S/c1-2-4-12-15-13(18-16-12)17-7-9-5-3-6-11(14)10(9)8-17/h9-11H,2-8,14H2,1H3. The van der Waals surface area contributed by atoms with E-state index in [9.17, 15) is 0 Å². The predicted molar refractivity (Wildman–Crippen MR) is 74.9 cm³/mol. The first-order chi connectivity index (χ1) is 8.78. The summed E-state index contributed by atoms with van der Waals surface area (Å²) in [6, 6.07) is 0.400. The second-order valence-electron chi connectivity index (χ2n) is 5.67. The minimum atomic E-state index is 0.400.